The van der Waals surface area contributed by atoms with E-state index in [1.807, 2.05) is 0 Å². The third kappa shape index (κ3) is 3.16. The minimum Gasteiger partial charge on any atom is -0.126 e. The molecule has 0 heterocycles. The van der Waals surface area contributed by atoms with Crippen LogP contribution in [0.4, 0.5) is 0 Å². The molecule has 0 fully saturated rings. The number of hydrogen-bond acceptors (Lipinski definition) is 0. The number of benzene rings is 2. The summed E-state index contributed by atoms with van der Waals surface area (Å²) < 4.78 is 0. The van der Waals surface area contributed by atoms with Gasteiger partial charge >= 0.3 is 0 Å². The van der Waals surface area contributed by atoms with Crippen LogP contribution in [0.2, 0.25) is 0 Å². The topological polar surface area (TPSA) is 0 Å². The molecule has 0 radical (unpaired) electrons. The van der Waals surface area contributed by atoms with Crippen molar-refractivity contribution < 1.29 is 0 Å². The molecular weight excluding hydrogens is 276 g/mol. The molecule has 1 atom stereocenters. The fraction of sp³-hybridized carbons (Fsp3) is 0.400. The van der Waals surface area contributed by atoms with Crippen molar-refractivity contribution in [2.24, 2.45) is 0 Å². The Labute approximate surface area is 133 Å². The van der Waals surface area contributed by atoms with Crippen LogP contribution in [0.3, 0.4) is 0 Å². The van der Waals surface area contributed by atoms with E-state index in [4.69, 9.17) is 11.6 Å². The Hall–Kier alpha value is -1.27. The standard InChI is InChI=1S/C20H23Cl/c21-16-20(14-6-10-17-8-2-1-3-9-17)15-7-12-18-11-4-5-13-19(18)20/h1-5,8-9,11,13H,6-7,10,12,14-16H2. The molecule has 0 aliphatic heterocycles. The highest BCUT2D eigenvalue weighted by atomic mass is 35.5. The minimum atomic E-state index is 0.200. The highest BCUT2D eigenvalue weighted by molar-refractivity contribution is 6.18. The lowest BCUT2D eigenvalue weighted by atomic mass is 9.68. The molecule has 0 aromatic heterocycles. The molecule has 0 spiro atoms. The Morgan fingerprint density at radius 3 is 2.52 bits per heavy atom. The molecule has 1 unspecified atom stereocenters. The Morgan fingerprint density at radius 1 is 0.952 bits per heavy atom. The fourth-order valence-electron chi connectivity index (χ4n) is 3.75. The van der Waals surface area contributed by atoms with E-state index in [0.29, 0.717) is 0 Å². The van der Waals surface area contributed by atoms with Gasteiger partial charge in [0.15, 0.2) is 0 Å². The predicted molar refractivity (Wildman–Crippen MR) is 91.2 cm³/mol. The van der Waals surface area contributed by atoms with Crippen LogP contribution in [0.25, 0.3) is 0 Å². The minimum absolute atomic E-state index is 0.200. The summed E-state index contributed by atoms with van der Waals surface area (Å²) in [6, 6.07) is 19.7. The van der Waals surface area contributed by atoms with E-state index < -0.39 is 0 Å². The van der Waals surface area contributed by atoms with Crippen LogP contribution in [0, 0.1) is 0 Å². The van der Waals surface area contributed by atoms with Crippen LogP contribution < -0.4 is 0 Å². The Kier molecular flexibility index (Phi) is 4.65. The summed E-state index contributed by atoms with van der Waals surface area (Å²) >= 11 is 6.45. The van der Waals surface area contributed by atoms with Crippen molar-refractivity contribution in [2.75, 3.05) is 5.88 Å². The third-order valence-corrected chi connectivity index (χ3v) is 5.42. The van der Waals surface area contributed by atoms with E-state index in [1.165, 1.54) is 48.8 Å². The van der Waals surface area contributed by atoms with E-state index >= 15 is 0 Å². The maximum atomic E-state index is 6.45. The third-order valence-electron chi connectivity index (χ3n) is 4.91. The highest BCUT2D eigenvalue weighted by Gasteiger charge is 2.34. The highest BCUT2D eigenvalue weighted by Crippen LogP contribution is 2.42. The zero-order valence-corrected chi connectivity index (χ0v) is 13.3. The van der Waals surface area contributed by atoms with Gasteiger partial charge in [-0.25, -0.2) is 0 Å². The van der Waals surface area contributed by atoms with Crippen molar-refractivity contribution in [3.63, 3.8) is 0 Å². The zero-order valence-electron chi connectivity index (χ0n) is 12.5. The van der Waals surface area contributed by atoms with Gasteiger partial charge in [-0.2, -0.15) is 0 Å². The lowest BCUT2D eigenvalue weighted by Crippen LogP contribution is -2.33. The van der Waals surface area contributed by atoms with E-state index in [-0.39, 0.29) is 5.41 Å². The monoisotopic (exact) mass is 298 g/mol. The first kappa shape index (κ1) is 14.7. The van der Waals surface area contributed by atoms with Gasteiger partial charge in [-0.15, -0.1) is 11.6 Å². The van der Waals surface area contributed by atoms with Gasteiger partial charge in [-0.1, -0.05) is 54.6 Å². The number of rotatable bonds is 5. The smallest absolute Gasteiger partial charge is 0.0320 e. The molecule has 1 aliphatic carbocycles. The summed E-state index contributed by atoms with van der Waals surface area (Å²) in [6.45, 7) is 0. The summed E-state index contributed by atoms with van der Waals surface area (Å²) in [5.74, 6) is 0.749. The fourth-order valence-corrected chi connectivity index (χ4v) is 4.16. The molecule has 2 aromatic rings. The molecule has 1 aliphatic rings. The van der Waals surface area contributed by atoms with Gasteiger partial charge in [0.1, 0.15) is 0 Å². The average molecular weight is 299 g/mol. The van der Waals surface area contributed by atoms with Crippen molar-refractivity contribution in [3.8, 4) is 0 Å². The SMILES string of the molecule is ClCC1(CCCc2ccccc2)CCCc2ccccc21. The van der Waals surface area contributed by atoms with Crippen LogP contribution in [0.15, 0.2) is 54.6 Å². The van der Waals surface area contributed by atoms with Crippen molar-refractivity contribution in [2.45, 2.75) is 43.9 Å². The predicted octanol–water partition coefficient (Wildman–Crippen LogP) is 5.52. The van der Waals surface area contributed by atoms with Crippen molar-refractivity contribution >= 4 is 11.6 Å². The molecule has 1 heteroatoms. The molecule has 21 heavy (non-hydrogen) atoms. The normalized spacial score (nSPS) is 21.0. The molecule has 0 bridgehead atoms. The van der Waals surface area contributed by atoms with E-state index in [2.05, 4.69) is 54.6 Å². The second-order valence-electron chi connectivity index (χ2n) is 6.26. The summed E-state index contributed by atoms with van der Waals surface area (Å²) in [7, 11) is 0. The van der Waals surface area contributed by atoms with Gasteiger partial charge in [0.2, 0.25) is 0 Å². The van der Waals surface area contributed by atoms with Crippen molar-refractivity contribution in [3.05, 3.63) is 71.3 Å². The number of alkyl halides is 1. The quantitative estimate of drug-likeness (QED) is 0.637. The van der Waals surface area contributed by atoms with E-state index in [9.17, 15) is 0 Å². The summed E-state index contributed by atoms with van der Waals surface area (Å²) in [5.41, 5.74) is 4.67. The molecule has 0 saturated carbocycles. The lowest BCUT2D eigenvalue weighted by Gasteiger charge is -2.38. The maximum Gasteiger partial charge on any atom is 0.0320 e. The number of fused-ring (bicyclic) bond motifs is 1. The van der Waals surface area contributed by atoms with Crippen LogP contribution in [-0.2, 0) is 18.3 Å². The van der Waals surface area contributed by atoms with Gasteiger partial charge in [-0.05, 0) is 55.2 Å². The second-order valence-corrected chi connectivity index (χ2v) is 6.53. The number of aryl methyl sites for hydroxylation is 2. The van der Waals surface area contributed by atoms with Crippen LogP contribution in [0.5, 0.6) is 0 Å². The number of hydrogen-bond donors (Lipinski definition) is 0. The van der Waals surface area contributed by atoms with E-state index in [0.717, 1.165) is 12.3 Å². The molecule has 0 nitrogen and oxygen atoms in total. The second kappa shape index (κ2) is 6.66. The summed E-state index contributed by atoms with van der Waals surface area (Å²) in [5, 5.41) is 0. The molecule has 2 aromatic carbocycles. The Bertz CT molecular complexity index is 575. The first-order valence-corrected chi connectivity index (χ1v) is 8.56. The number of halogens is 1. The van der Waals surface area contributed by atoms with Gasteiger partial charge in [-0.3, -0.25) is 0 Å². The van der Waals surface area contributed by atoms with Crippen LogP contribution in [0.1, 0.15) is 42.4 Å². The zero-order chi connectivity index (χ0) is 14.5. The van der Waals surface area contributed by atoms with E-state index in [1.54, 1.807) is 0 Å². The molecule has 0 amide bonds. The summed E-state index contributed by atoms with van der Waals surface area (Å²) in [6.07, 6.45) is 7.29. The molecule has 110 valence electrons. The average Bonchev–Trinajstić information content (AvgIpc) is 2.56. The van der Waals surface area contributed by atoms with Gasteiger partial charge < -0.3 is 0 Å². The maximum absolute atomic E-state index is 6.45. The van der Waals surface area contributed by atoms with Crippen LogP contribution in [-0.4, -0.2) is 5.88 Å². The Balaban J connectivity index is 1.73. The van der Waals surface area contributed by atoms with Crippen LogP contribution >= 0.6 is 11.6 Å². The first-order valence-electron chi connectivity index (χ1n) is 8.02. The van der Waals surface area contributed by atoms with Crippen molar-refractivity contribution in [1.82, 2.24) is 0 Å². The molecule has 3 rings (SSSR count). The summed E-state index contributed by atoms with van der Waals surface area (Å²) in [4.78, 5) is 0. The van der Waals surface area contributed by atoms with Gasteiger partial charge in [0.05, 0.1) is 0 Å². The van der Waals surface area contributed by atoms with Gasteiger partial charge in [0, 0.05) is 11.3 Å². The Morgan fingerprint density at radius 2 is 1.71 bits per heavy atom. The molecule has 0 N–H and O–H groups in total. The first-order chi connectivity index (χ1) is 10.3. The molecule has 0 saturated heterocycles. The molecular formula is C20H23Cl. The van der Waals surface area contributed by atoms with Gasteiger partial charge in [0.25, 0.3) is 0 Å². The lowest BCUT2D eigenvalue weighted by molar-refractivity contribution is 0.362. The largest absolute Gasteiger partial charge is 0.126 e. The van der Waals surface area contributed by atoms with Crippen molar-refractivity contribution in [1.29, 1.82) is 0 Å².